The molecule has 0 N–H and O–H groups in total. The standard InChI is InChI=1S/C20H18F2N4O3/c1-28-20-19-25-15(17-11-8-29-9-12(11)17)7-26(19)6-10(23-20)5-16(27)13-3-2-4-14(24-13)18(21)22/h2-4,6-7,11-12,17-18H,5,8-9H2,1H3. The average Bonchev–Trinajstić information content (AvgIpc) is 3.07. The van der Waals surface area contributed by atoms with Gasteiger partial charge in [0.25, 0.3) is 12.3 Å². The first-order valence-electron chi connectivity index (χ1n) is 9.33. The van der Waals surface area contributed by atoms with Gasteiger partial charge in [-0.2, -0.15) is 0 Å². The van der Waals surface area contributed by atoms with Crippen molar-refractivity contribution in [2.45, 2.75) is 18.8 Å². The van der Waals surface area contributed by atoms with Gasteiger partial charge in [0.1, 0.15) is 11.4 Å². The van der Waals surface area contributed by atoms with E-state index in [0.29, 0.717) is 35.0 Å². The number of rotatable bonds is 6. The summed E-state index contributed by atoms with van der Waals surface area (Å²) in [5, 5.41) is 0. The van der Waals surface area contributed by atoms with Crippen LogP contribution < -0.4 is 4.74 Å². The lowest BCUT2D eigenvalue weighted by atomic mass is 10.1. The second kappa shape index (κ2) is 6.84. The van der Waals surface area contributed by atoms with E-state index in [1.165, 1.54) is 25.3 Å². The van der Waals surface area contributed by atoms with E-state index >= 15 is 0 Å². The van der Waals surface area contributed by atoms with E-state index < -0.39 is 17.9 Å². The molecule has 1 saturated carbocycles. The minimum atomic E-state index is -2.73. The van der Waals surface area contributed by atoms with Crippen LogP contribution in [0.2, 0.25) is 0 Å². The van der Waals surface area contributed by atoms with Crippen LogP contribution in [-0.2, 0) is 11.2 Å². The Morgan fingerprint density at radius 1 is 1.24 bits per heavy atom. The van der Waals surface area contributed by atoms with Crippen molar-refractivity contribution in [2.75, 3.05) is 20.3 Å². The van der Waals surface area contributed by atoms with Crippen LogP contribution in [0.1, 0.15) is 39.9 Å². The Bertz CT molecular complexity index is 1090. The van der Waals surface area contributed by atoms with Gasteiger partial charge in [0.15, 0.2) is 5.78 Å². The molecule has 0 spiro atoms. The quantitative estimate of drug-likeness (QED) is 0.592. The normalized spacial score (nSPS) is 22.8. The van der Waals surface area contributed by atoms with E-state index in [-0.39, 0.29) is 12.1 Å². The van der Waals surface area contributed by atoms with Gasteiger partial charge in [0.2, 0.25) is 5.65 Å². The second-order valence-electron chi connectivity index (χ2n) is 7.38. The number of fused-ring (bicyclic) bond motifs is 2. The minimum Gasteiger partial charge on any atom is -0.478 e. The summed E-state index contributed by atoms with van der Waals surface area (Å²) in [5.41, 5.74) is 1.57. The van der Waals surface area contributed by atoms with Gasteiger partial charge < -0.3 is 13.9 Å². The molecule has 0 radical (unpaired) electrons. The number of Topliss-reactive ketones (excluding diaryl/α,β-unsaturated/α-hetero) is 1. The number of ketones is 1. The summed E-state index contributed by atoms with van der Waals surface area (Å²) in [5.74, 6) is 1.36. The van der Waals surface area contributed by atoms with Crippen LogP contribution in [-0.4, -0.2) is 45.5 Å². The number of pyridine rings is 1. The molecule has 3 aromatic heterocycles. The number of halogens is 2. The molecule has 0 bridgehead atoms. The molecule has 3 aromatic rings. The zero-order valence-corrected chi connectivity index (χ0v) is 15.6. The van der Waals surface area contributed by atoms with Crippen molar-refractivity contribution >= 4 is 11.4 Å². The third kappa shape index (κ3) is 3.15. The van der Waals surface area contributed by atoms with Crippen LogP contribution in [0.3, 0.4) is 0 Å². The van der Waals surface area contributed by atoms with E-state index in [1.807, 2.05) is 10.6 Å². The molecule has 0 amide bonds. The van der Waals surface area contributed by atoms with E-state index in [1.54, 1.807) is 6.20 Å². The van der Waals surface area contributed by atoms with Gasteiger partial charge in [-0.25, -0.2) is 23.7 Å². The summed E-state index contributed by atoms with van der Waals surface area (Å²) in [6, 6.07) is 4.02. The van der Waals surface area contributed by atoms with Crippen LogP contribution in [0.5, 0.6) is 5.88 Å². The molecule has 1 aliphatic heterocycles. The summed E-state index contributed by atoms with van der Waals surface area (Å²) in [6.45, 7) is 1.53. The number of ether oxygens (including phenoxy) is 2. The summed E-state index contributed by atoms with van der Waals surface area (Å²) in [4.78, 5) is 25.4. The first-order chi connectivity index (χ1) is 14.0. The van der Waals surface area contributed by atoms with Gasteiger partial charge >= 0.3 is 0 Å². The monoisotopic (exact) mass is 400 g/mol. The highest BCUT2D eigenvalue weighted by atomic mass is 19.3. The molecule has 7 nitrogen and oxygen atoms in total. The van der Waals surface area contributed by atoms with Crippen molar-refractivity contribution in [3.05, 3.63) is 53.4 Å². The Labute approximate surface area is 164 Å². The minimum absolute atomic E-state index is 0.0132. The molecule has 2 fully saturated rings. The number of methoxy groups -OCH3 is 1. The fourth-order valence-electron chi connectivity index (χ4n) is 4.08. The largest absolute Gasteiger partial charge is 0.478 e. The number of carbonyl (C=O) groups is 1. The predicted molar refractivity (Wildman–Crippen MR) is 97.3 cm³/mol. The van der Waals surface area contributed by atoms with Crippen LogP contribution in [0.4, 0.5) is 8.78 Å². The van der Waals surface area contributed by atoms with E-state index in [2.05, 4.69) is 15.0 Å². The Hall–Kier alpha value is -2.94. The lowest BCUT2D eigenvalue weighted by Gasteiger charge is -2.06. The SMILES string of the molecule is COc1nc(CC(=O)c2cccc(C(F)F)n2)cn2cc(C3C4COCC43)nc12. The number of imidazole rings is 1. The maximum Gasteiger partial charge on any atom is 0.280 e. The van der Waals surface area contributed by atoms with Gasteiger partial charge in [0, 0.05) is 18.3 Å². The number of hydrogen-bond acceptors (Lipinski definition) is 6. The van der Waals surface area contributed by atoms with Crippen molar-refractivity contribution in [1.82, 2.24) is 19.4 Å². The fraction of sp³-hybridized carbons (Fsp3) is 0.400. The first kappa shape index (κ1) is 18.1. The van der Waals surface area contributed by atoms with Crippen LogP contribution in [0.15, 0.2) is 30.6 Å². The van der Waals surface area contributed by atoms with Crippen LogP contribution in [0.25, 0.3) is 5.65 Å². The Balaban J connectivity index is 1.43. The van der Waals surface area contributed by atoms with Gasteiger partial charge in [-0.15, -0.1) is 0 Å². The number of carbonyl (C=O) groups excluding carboxylic acids is 1. The lowest BCUT2D eigenvalue weighted by molar-refractivity contribution is 0.0984. The molecular formula is C20H18F2N4O3. The van der Waals surface area contributed by atoms with Gasteiger partial charge in [0.05, 0.1) is 38.1 Å². The predicted octanol–water partition coefficient (Wildman–Crippen LogP) is 2.86. The molecule has 2 unspecified atom stereocenters. The van der Waals surface area contributed by atoms with Crippen molar-refractivity contribution in [1.29, 1.82) is 0 Å². The van der Waals surface area contributed by atoms with E-state index in [9.17, 15) is 13.6 Å². The molecular weight excluding hydrogens is 382 g/mol. The molecule has 1 aliphatic carbocycles. The van der Waals surface area contributed by atoms with Gasteiger partial charge in [-0.1, -0.05) is 6.07 Å². The second-order valence-corrected chi connectivity index (χ2v) is 7.38. The van der Waals surface area contributed by atoms with Crippen LogP contribution in [0, 0.1) is 11.8 Å². The zero-order chi connectivity index (χ0) is 20.1. The van der Waals surface area contributed by atoms with Crippen LogP contribution >= 0.6 is 0 Å². The van der Waals surface area contributed by atoms with Crippen molar-refractivity contribution in [2.24, 2.45) is 11.8 Å². The molecule has 2 atom stereocenters. The molecule has 29 heavy (non-hydrogen) atoms. The summed E-state index contributed by atoms with van der Waals surface area (Å²) < 4.78 is 38.3. The maximum atomic E-state index is 12.8. The molecule has 9 heteroatoms. The number of alkyl halides is 2. The number of hydrogen-bond donors (Lipinski definition) is 0. The average molecular weight is 400 g/mol. The molecule has 1 saturated heterocycles. The third-order valence-corrected chi connectivity index (χ3v) is 5.58. The highest BCUT2D eigenvalue weighted by molar-refractivity contribution is 5.95. The summed E-state index contributed by atoms with van der Waals surface area (Å²) in [7, 11) is 1.50. The topological polar surface area (TPSA) is 78.6 Å². The van der Waals surface area contributed by atoms with Gasteiger partial charge in [-0.05, 0) is 24.0 Å². The first-order valence-corrected chi connectivity index (χ1v) is 9.33. The van der Waals surface area contributed by atoms with Gasteiger partial charge in [-0.3, -0.25) is 4.79 Å². The fourth-order valence-corrected chi connectivity index (χ4v) is 4.08. The highest BCUT2D eigenvalue weighted by Gasteiger charge is 2.55. The lowest BCUT2D eigenvalue weighted by Crippen LogP contribution is -2.10. The highest BCUT2D eigenvalue weighted by Crippen LogP contribution is 2.57. The Morgan fingerprint density at radius 2 is 2.03 bits per heavy atom. The maximum absolute atomic E-state index is 12.8. The third-order valence-electron chi connectivity index (χ3n) is 5.58. The molecule has 5 rings (SSSR count). The van der Waals surface area contributed by atoms with E-state index in [4.69, 9.17) is 9.47 Å². The van der Waals surface area contributed by atoms with Crippen molar-refractivity contribution < 1.29 is 23.0 Å². The molecule has 4 heterocycles. The van der Waals surface area contributed by atoms with Crippen molar-refractivity contribution in [3.63, 3.8) is 0 Å². The molecule has 2 aliphatic rings. The molecule has 0 aromatic carbocycles. The summed E-state index contributed by atoms with van der Waals surface area (Å²) in [6.07, 6.45) is 0.848. The Kier molecular flexibility index (Phi) is 4.27. The van der Waals surface area contributed by atoms with Crippen molar-refractivity contribution in [3.8, 4) is 5.88 Å². The summed E-state index contributed by atoms with van der Waals surface area (Å²) >= 11 is 0. The van der Waals surface area contributed by atoms with E-state index in [0.717, 1.165) is 18.9 Å². The number of nitrogens with zero attached hydrogens (tertiary/aromatic N) is 4. The Morgan fingerprint density at radius 3 is 2.76 bits per heavy atom. The zero-order valence-electron chi connectivity index (χ0n) is 15.6. The number of aromatic nitrogens is 4. The smallest absolute Gasteiger partial charge is 0.280 e. The molecule has 150 valence electrons.